The molecule has 0 spiro atoms. The first-order valence-electron chi connectivity index (χ1n) is 25.9. The van der Waals surface area contributed by atoms with Crippen molar-refractivity contribution in [3.63, 3.8) is 0 Å². The number of aromatic amines is 2. The van der Waals surface area contributed by atoms with Gasteiger partial charge in [-0.2, -0.15) is 0 Å². The van der Waals surface area contributed by atoms with E-state index in [0.717, 1.165) is 5.56 Å². The first kappa shape index (κ1) is 59.3. The summed E-state index contributed by atoms with van der Waals surface area (Å²) in [5, 5.41) is 28.2. The van der Waals surface area contributed by atoms with Crippen molar-refractivity contribution < 1.29 is 48.2 Å². The Hall–Kier alpha value is -7.62. The number of aromatic nitrogens is 4. The highest BCUT2D eigenvalue weighted by molar-refractivity contribution is 5.96. The van der Waals surface area contributed by atoms with Gasteiger partial charge >= 0.3 is 6.09 Å². The standard InChI is InChI=1S/C54H76N12O10/c1-32(2)21-38(45(67)27-46(68)60-40(22-33(3)4)48(70)62-39(47(55)69)23-34-15-10-8-11-16-34)61-50(72)42(25-36-28-56-30-58-36)63-49(71)41(24-35-17-12-9-13-18-35)64-51(73)44-19-14-20-66(44)52(74)43(26-37-29-57-31-59-37)65-53(75)76-54(5,6)7/h8-13,15-18,28-33,38-45,67H,14,19-27H2,1-7H3,(H2,55,69)(H,56,58)(H,57,59)(H,60,68)(H,61,72)(H,62,70)(H,63,71)(H,64,73)(H,65,75)/t38-,39-,40-,41-,42-,43-,44-,45-/m0/s1. The number of nitrogens with zero attached hydrogens (tertiary/aromatic N) is 3. The van der Waals surface area contributed by atoms with Crippen LogP contribution in [0.3, 0.4) is 0 Å². The van der Waals surface area contributed by atoms with Gasteiger partial charge in [0.05, 0.1) is 31.2 Å². The summed E-state index contributed by atoms with van der Waals surface area (Å²) in [4.78, 5) is 126. The molecule has 8 amide bonds. The molecule has 2 aromatic carbocycles. The maximum absolute atomic E-state index is 14.6. The minimum absolute atomic E-state index is 0.00400. The Morgan fingerprint density at radius 2 is 1.18 bits per heavy atom. The lowest BCUT2D eigenvalue weighted by molar-refractivity contribution is -0.141. The Balaban J connectivity index is 1.32. The zero-order chi connectivity index (χ0) is 55.5. The summed E-state index contributed by atoms with van der Waals surface area (Å²) in [6.07, 6.45) is 4.26. The van der Waals surface area contributed by atoms with Gasteiger partial charge in [-0.25, -0.2) is 14.8 Å². The molecule has 1 fully saturated rings. The largest absolute Gasteiger partial charge is 0.444 e. The lowest BCUT2D eigenvalue weighted by Gasteiger charge is -2.31. The number of alkyl carbamates (subject to hydrolysis) is 1. The van der Waals surface area contributed by atoms with Crippen LogP contribution < -0.4 is 37.6 Å². The molecule has 22 heteroatoms. The number of benzene rings is 2. The first-order chi connectivity index (χ1) is 36.0. The number of nitrogens with two attached hydrogens (primary N) is 1. The van der Waals surface area contributed by atoms with Crippen molar-refractivity contribution in [1.29, 1.82) is 0 Å². The van der Waals surface area contributed by atoms with E-state index < -0.39 is 108 Å². The van der Waals surface area contributed by atoms with Gasteiger partial charge in [-0.15, -0.1) is 0 Å². The van der Waals surface area contributed by atoms with E-state index in [2.05, 4.69) is 51.8 Å². The Kier molecular flexibility index (Phi) is 22.1. The number of amides is 8. The molecule has 1 aliphatic rings. The molecule has 4 aromatic rings. The molecule has 22 nitrogen and oxygen atoms in total. The predicted octanol–water partition coefficient (Wildman–Crippen LogP) is 2.04. The number of nitrogens with one attached hydrogen (secondary N) is 8. The molecule has 5 rings (SSSR count). The smallest absolute Gasteiger partial charge is 0.408 e. The van der Waals surface area contributed by atoms with E-state index in [1.807, 2.05) is 33.8 Å². The van der Waals surface area contributed by atoms with Crippen LogP contribution in [0, 0.1) is 11.8 Å². The molecule has 8 atom stereocenters. The van der Waals surface area contributed by atoms with E-state index in [1.165, 1.54) is 29.9 Å². The van der Waals surface area contributed by atoms with Crippen molar-refractivity contribution in [2.24, 2.45) is 17.6 Å². The van der Waals surface area contributed by atoms with Crippen molar-refractivity contribution in [3.8, 4) is 0 Å². The lowest BCUT2D eigenvalue weighted by Crippen LogP contribution is -2.60. The van der Waals surface area contributed by atoms with Gasteiger partial charge in [0.15, 0.2) is 0 Å². The highest BCUT2D eigenvalue weighted by Gasteiger charge is 2.40. The number of rotatable bonds is 27. The van der Waals surface area contributed by atoms with Crippen LogP contribution in [-0.4, -0.2) is 138 Å². The third kappa shape index (κ3) is 19.3. The minimum atomic E-state index is -1.46. The fourth-order valence-electron chi connectivity index (χ4n) is 8.93. The zero-order valence-electron chi connectivity index (χ0n) is 44.5. The predicted molar refractivity (Wildman–Crippen MR) is 281 cm³/mol. The topological polar surface area (TPSA) is 325 Å². The summed E-state index contributed by atoms with van der Waals surface area (Å²) in [7, 11) is 0. The number of aliphatic hydroxyl groups is 1. The first-order valence-corrected chi connectivity index (χ1v) is 25.9. The average Bonchev–Trinajstić information content (AvgIpc) is 4.17. The molecular weight excluding hydrogens is 977 g/mol. The summed E-state index contributed by atoms with van der Waals surface area (Å²) >= 11 is 0. The lowest BCUT2D eigenvalue weighted by atomic mass is 9.95. The average molecular weight is 1050 g/mol. The Labute approximate surface area is 443 Å². The number of hydrogen-bond donors (Lipinski definition) is 10. The van der Waals surface area contributed by atoms with E-state index in [9.17, 15) is 43.5 Å². The van der Waals surface area contributed by atoms with Gasteiger partial charge in [0, 0.05) is 56.0 Å². The van der Waals surface area contributed by atoms with Crippen molar-refractivity contribution in [2.45, 2.75) is 160 Å². The molecule has 3 heterocycles. The van der Waals surface area contributed by atoms with Crippen LogP contribution in [-0.2, 0) is 64.0 Å². The van der Waals surface area contributed by atoms with Gasteiger partial charge in [-0.1, -0.05) is 88.4 Å². The van der Waals surface area contributed by atoms with E-state index in [4.69, 9.17) is 10.5 Å². The Bertz CT molecular complexity index is 2520. The molecule has 0 radical (unpaired) electrons. The minimum Gasteiger partial charge on any atom is -0.444 e. The molecule has 0 bridgehead atoms. The van der Waals surface area contributed by atoms with E-state index in [1.54, 1.807) is 75.4 Å². The number of primary amides is 1. The normalized spacial score (nSPS) is 16.3. The van der Waals surface area contributed by atoms with E-state index >= 15 is 0 Å². The fraction of sp³-hybridized carbons (Fsp3) is 0.519. The number of ether oxygens (including phenoxy) is 1. The molecular formula is C54H76N12O10. The Morgan fingerprint density at radius 3 is 1.71 bits per heavy atom. The number of likely N-dealkylation sites (tertiary alicyclic amines) is 1. The summed E-state index contributed by atoms with van der Waals surface area (Å²) < 4.78 is 5.46. The van der Waals surface area contributed by atoms with Crippen LogP contribution in [0.15, 0.2) is 85.7 Å². The van der Waals surface area contributed by atoms with Crippen LogP contribution in [0.4, 0.5) is 4.79 Å². The van der Waals surface area contributed by atoms with Crippen molar-refractivity contribution in [1.82, 2.24) is 56.7 Å². The number of H-pyrrole nitrogens is 2. The van der Waals surface area contributed by atoms with Gasteiger partial charge in [0.25, 0.3) is 0 Å². The zero-order valence-corrected chi connectivity index (χ0v) is 44.5. The SMILES string of the molecule is CC(C)C[C@H](NC(=O)C[C@H](O)[C@H](CC(C)C)NC(=O)[C@H](Cc1cnc[nH]1)NC(=O)[C@H](Cc1ccccc1)NC(=O)[C@@H]1CCCN1C(=O)[C@H](Cc1cnc[nH]1)NC(=O)OC(C)(C)C)C(=O)N[C@@H](Cc1ccccc1)C(N)=O. The molecule has 1 saturated heterocycles. The highest BCUT2D eigenvalue weighted by Crippen LogP contribution is 2.21. The molecule has 76 heavy (non-hydrogen) atoms. The van der Waals surface area contributed by atoms with Crippen LogP contribution in [0.25, 0.3) is 0 Å². The van der Waals surface area contributed by atoms with Gasteiger partial charge < -0.3 is 62.3 Å². The second-order valence-corrected chi connectivity index (χ2v) is 21.2. The molecule has 1 aliphatic heterocycles. The maximum atomic E-state index is 14.6. The van der Waals surface area contributed by atoms with Crippen molar-refractivity contribution in [3.05, 3.63) is 108 Å². The second-order valence-electron chi connectivity index (χ2n) is 21.2. The summed E-state index contributed by atoms with van der Waals surface area (Å²) in [5.41, 5.74) is 7.31. The van der Waals surface area contributed by atoms with Crippen molar-refractivity contribution in [2.75, 3.05) is 6.54 Å². The molecule has 412 valence electrons. The van der Waals surface area contributed by atoms with Crippen LogP contribution in [0.2, 0.25) is 0 Å². The number of carbonyl (C=O) groups is 8. The number of imidazole rings is 2. The number of carbonyl (C=O) groups excluding carboxylic acids is 8. The van der Waals surface area contributed by atoms with Crippen LogP contribution in [0.5, 0.6) is 0 Å². The molecule has 0 saturated carbocycles. The number of aliphatic hydroxyl groups excluding tert-OH is 1. The summed E-state index contributed by atoms with van der Waals surface area (Å²) in [6.45, 7) is 12.7. The van der Waals surface area contributed by atoms with Gasteiger partial charge in [0.1, 0.15) is 41.9 Å². The highest BCUT2D eigenvalue weighted by atomic mass is 16.6. The molecule has 2 aromatic heterocycles. The van der Waals surface area contributed by atoms with Gasteiger partial charge in [0.2, 0.25) is 41.4 Å². The molecule has 0 unspecified atom stereocenters. The van der Waals surface area contributed by atoms with Gasteiger partial charge in [-0.3, -0.25) is 33.6 Å². The van der Waals surface area contributed by atoms with Crippen LogP contribution in [0.1, 0.15) is 103 Å². The molecule has 0 aliphatic carbocycles. The third-order valence-corrected chi connectivity index (χ3v) is 12.5. The van der Waals surface area contributed by atoms with E-state index in [-0.39, 0.29) is 63.3 Å². The summed E-state index contributed by atoms with van der Waals surface area (Å²) in [5.74, 6) is -4.83. The maximum Gasteiger partial charge on any atom is 0.408 e. The monoisotopic (exact) mass is 1050 g/mol. The van der Waals surface area contributed by atoms with Crippen LogP contribution >= 0.6 is 0 Å². The molecule has 11 N–H and O–H groups in total. The van der Waals surface area contributed by atoms with E-state index in [0.29, 0.717) is 23.4 Å². The van der Waals surface area contributed by atoms with Gasteiger partial charge in [-0.05, 0) is 69.4 Å². The quantitative estimate of drug-likeness (QED) is 0.0411. The van der Waals surface area contributed by atoms with Crippen molar-refractivity contribution >= 4 is 47.4 Å². The Morgan fingerprint density at radius 1 is 0.671 bits per heavy atom. The number of hydrogen-bond acceptors (Lipinski definition) is 12. The summed E-state index contributed by atoms with van der Waals surface area (Å²) in [6, 6.07) is 10.0. The third-order valence-electron chi connectivity index (χ3n) is 12.5. The fourth-order valence-corrected chi connectivity index (χ4v) is 8.93. The second kappa shape index (κ2) is 28.3.